The zero-order chi connectivity index (χ0) is 75.9. The molecule has 0 unspecified atom stereocenters. The predicted molar refractivity (Wildman–Crippen MR) is 490 cm³/mol. The zero-order valence-electron chi connectivity index (χ0n) is 63.1. The first kappa shape index (κ1) is 67.0. The van der Waals surface area contributed by atoms with Crippen molar-refractivity contribution in [3.8, 4) is 122 Å². The second-order valence-corrected chi connectivity index (χ2v) is 30.4. The van der Waals surface area contributed by atoms with Crippen LogP contribution in [-0.4, -0.2) is 6.71 Å². The van der Waals surface area contributed by atoms with Gasteiger partial charge in [-0.3, -0.25) is 0 Å². The quantitative estimate of drug-likeness (QED) is 0.0838. The van der Waals surface area contributed by atoms with Crippen LogP contribution in [0.25, 0.3) is 165 Å². The van der Waals surface area contributed by atoms with Gasteiger partial charge in [0.15, 0.2) is 0 Å². The summed E-state index contributed by atoms with van der Waals surface area (Å²) >= 11 is 0. The Bertz CT molecular complexity index is 6510. The lowest BCUT2D eigenvalue weighted by molar-refractivity contribution is 1.25. The van der Waals surface area contributed by atoms with Crippen molar-refractivity contribution in [2.45, 2.75) is 0 Å². The molecule has 0 saturated heterocycles. The molecule has 22 rings (SSSR count). The van der Waals surface area contributed by atoms with Gasteiger partial charge in [-0.25, -0.2) is 0 Å². The standard InChI is InChI=1S/C112H73BN2/c1-8-32-74(33-9-1)85-72-104-112-105(73-85)115(87-66-60-82(61-67-87)107-90(77-38-14-4-15-39-77)56-31-57-91(107)78-40-16-5-17-41-78)103-71-84(111-98-52-28-24-48-94(98)109(80-44-20-7-21-45-80)95-49-25-29-53-99(95)111)63-69-101(103)113(112)100-68-62-83(110-96-50-26-22-46-92(96)108(79-42-18-6-19-43-79)93-47-23-27-51-97(93)110)70-102(100)114(104)86-64-58-81(59-65-86)106-88(75-34-10-2-11-35-75)54-30-55-89(106)76-36-12-3-13-37-76/h1-73H. The molecular formula is C112H73BN2. The fourth-order valence-electron chi connectivity index (χ4n) is 19.1. The van der Waals surface area contributed by atoms with Crippen LogP contribution in [0.15, 0.2) is 443 Å². The molecule has 0 amide bonds. The second kappa shape index (κ2) is 28.1. The Balaban J connectivity index is 0.827. The van der Waals surface area contributed by atoms with E-state index < -0.39 is 0 Å². The average Bonchev–Trinajstić information content (AvgIpc) is 0.691. The van der Waals surface area contributed by atoms with Crippen molar-refractivity contribution in [3.05, 3.63) is 443 Å². The molecule has 3 heteroatoms. The van der Waals surface area contributed by atoms with Crippen molar-refractivity contribution < 1.29 is 0 Å². The van der Waals surface area contributed by atoms with Crippen LogP contribution >= 0.6 is 0 Å². The number of hydrogen-bond donors (Lipinski definition) is 0. The topological polar surface area (TPSA) is 6.48 Å². The molecule has 0 fully saturated rings. The molecule has 0 spiro atoms. The normalized spacial score (nSPS) is 12.1. The van der Waals surface area contributed by atoms with E-state index in [-0.39, 0.29) is 6.71 Å². The highest BCUT2D eigenvalue weighted by molar-refractivity contribution is 7.00. The van der Waals surface area contributed by atoms with Crippen LogP contribution in [0.3, 0.4) is 0 Å². The number of anilines is 6. The monoisotopic (exact) mass is 1460 g/mol. The number of nitrogens with zero attached hydrogens (tertiary/aromatic N) is 2. The smallest absolute Gasteiger partial charge is 0.252 e. The van der Waals surface area contributed by atoms with Gasteiger partial charge in [0, 0.05) is 34.1 Å². The van der Waals surface area contributed by atoms with Gasteiger partial charge in [0.05, 0.1) is 0 Å². The van der Waals surface area contributed by atoms with E-state index >= 15 is 0 Å². The number of benzene rings is 20. The maximum absolute atomic E-state index is 2.62. The highest BCUT2D eigenvalue weighted by atomic mass is 15.2. The molecule has 2 aliphatic heterocycles. The fraction of sp³-hybridized carbons (Fsp3) is 0. The summed E-state index contributed by atoms with van der Waals surface area (Å²) in [5, 5.41) is 9.72. The number of rotatable bonds is 13. The Morgan fingerprint density at radius 2 is 0.374 bits per heavy atom. The molecular weight excluding hydrogens is 1380 g/mol. The summed E-state index contributed by atoms with van der Waals surface area (Å²) in [4.78, 5) is 5.24. The zero-order valence-corrected chi connectivity index (χ0v) is 63.1. The Labute approximate surface area is 670 Å². The lowest BCUT2D eigenvalue weighted by Gasteiger charge is -2.45. The molecule has 0 bridgehead atoms. The molecule has 0 atom stereocenters. The molecule has 2 nitrogen and oxygen atoms in total. The van der Waals surface area contributed by atoms with Crippen molar-refractivity contribution in [2.75, 3.05) is 9.80 Å². The van der Waals surface area contributed by atoms with Crippen LogP contribution in [0.5, 0.6) is 0 Å². The van der Waals surface area contributed by atoms with Crippen molar-refractivity contribution in [1.29, 1.82) is 0 Å². The van der Waals surface area contributed by atoms with Gasteiger partial charge >= 0.3 is 0 Å². The lowest BCUT2D eigenvalue weighted by atomic mass is 9.33. The third-order valence-electron chi connectivity index (χ3n) is 24.0. The van der Waals surface area contributed by atoms with Crippen LogP contribution in [0.1, 0.15) is 0 Å². The summed E-state index contributed by atoms with van der Waals surface area (Å²) in [6.45, 7) is -0.228. The molecule has 0 radical (unpaired) electrons. The average molecular weight is 1460 g/mol. The number of fused-ring (bicyclic) bond motifs is 8. The van der Waals surface area contributed by atoms with Crippen molar-refractivity contribution in [3.63, 3.8) is 0 Å². The van der Waals surface area contributed by atoms with Gasteiger partial charge in [-0.05, 0) is 230 Å². The van der Waals surface area contributed by atoms with Gasteiger partial charge in [-0.15, -0.1) is 0 Å². The summed E-state index contributed by atoms with van der Waals surface area (Å²) in [6, 6.07) is 165. The van der Waals surface area contributed by atoms with Gasteiger partial charge in [-0.2, -0.15) is 0 Å². The van der Waals surface area contributed by atoms with E-state index in [0.717, 1.165) is 67.5 Å². The minimum absolute atomic E-state index is 0.228. The Morgan fingerprint density at radius 1 is 0.148 bits per heavy atom. The second-order valence-electron chi connectivity index (χ2n) is 30.4. The first-order valence-corrected chi connectivity index (χ1v) is 39.9. The molecule has 115 heavy (non-hydrogen) atoms. The van der Waals surface area contributed by atoms with Crippen LogP contribution in [0, 0.1) is 0 Å². The molecule has 0 aromatic heterocycles. The van der Waals surface area contributed by atoms with Gasteiger partial charge in [0.25, 0.3) is 6.71 Å². The maximum atomic E-state index is 2.62. The van der Waals surface area contributed by atoms with Crippen molar-refractivity contribution in [2.24, 2.45) is 0 Å². The minimum Gasteiger partial charge on any atom is -0.311 e. The summed E-state index contributed by atoms with van der Waals surface area (Å²) in [6.07, 6.45) is 0. The van der Waals surface area contributed by atoms with Crippen LogP contribution in [-0.2, 0) is 0 Å². The van der Waals surface area contributed by atoms with Crippen LogP contribution in [0.4, 0.5) is 34.1 Å². The summed E-state index contributed by atoms with van der Waals surface area (Å²) < 4.78 is 0. The van der Waals surface area contributed by atoms with Gasteiger partial charge in [0.1, 0.15) is 0 Å². The Kier molecular flexibility index (Phi) is 16.4. The van der Waals surface area contributed by atoms with Gasteiger partial charge in [-0.1, -0.05) is 394 Å². The largest absolute Gasteiger partial charge is 0.311 e. The van der Waals surface area contributed by atoms with E-state index in [2.05, 4.69) is 453 Å². The lowest BCUT2D eigenvalue weighted by Crippen LogP contribution is -2.61. The highest BCUT2D eigenvalue weighted by Gasteiger charge is 2.44. The molecule has 20 aromatic rings. The minimum atomic E-state index is -0.228. The summed E-state index contributed by atoms with van der Waals surface area (Å²) in [7, 11) is 0. The molecule has 534 valence electrons. The molecule has 0 saturated carbocycles. The molecule has 20 aromatic carbocycles. The van der Waals surface area contributed by atoms with E-state index in [1.165, 1.54) is 148 Å². The third-order valence-corrected chi connectivity index (χ3v) is 24.0. The SMILES string of the molecule is c1ccc(-c2cc3c4c(c2)N(c2ccc(-c5c(-c6ccccc6)cccc5-c5ccccc5)cc2)c2cc(-c5c6ccccc6c(-c6ccccc6)c6ccccc56)ccc2B4c2ccc(-c4c5ccccc5c(-c5ccccc5)c5ccccc45)cc2N3c2ccc(-c3c(-c4ccccc4)cccc3-c3ccccc3)cc2)cc1. The first-order chi connectivity index (χ1) is 57.1. The van der Waals surface area contributed by atoms with Crippen molar-refractivity contribution >= 4 is 100 Å². The van der Waals surface area contributed by atoms with E-state index in [0.29, 0.717) is 0 Å². The van der Waals surface area contributed by atoms with Crippen LogP contribution in [0.2, 0.25) is 0 Å². The van der Waals surface area contributed by atoms with E-state index in [1.54, 1.807) is 0 Å². The fourth-order valence-corrected chi connectivity index (χ4v) is 19.1. The van der Waals surface area contributed by atoms with Gasteiger partial charge < -0.3 is 9.80 Å². The molecule has 0 N–H and O–H groups in total. The maximum Gasteiger partial charge on any atom is 0.252 e. The summed E-state index contributed by atoms with van der Waals surface area (Å²) in [5.74, 6) is 0. The van der Waals surface area contributed by atoms with E-state index in [9.17, 15) is 0 Å². The van der Waals surface area contributed by atoms with Gasteiger partial charge in [0.2, 0.25) is 0 Å². The predicted octanol–water partition coefficient (Wildman–Crippen LogP) is 28.7. The van der Waals surface area contributed by atoms with Crippen LogP contribution < -0.4 is 26.2 Å². The third kappa shape index (κ3) is 11.3. The van der Waals surface area contributed by atoms with Crippen molar-refractivity contribution in [1.82, 2.24) is 0 Å². The Hall–Kier alpha value is -14.9. The van der Waals surface area contributed by atoms with E-state index in [1.807, 2.05) is 0 Å². The molecule has 0 aliphatic carbocycles. The molecule has 2 aliphatic rings. The highest BCUT2D eigenvalue weighted by Crippen LogP contribution is 2.53. The molecule has 2 heterocycles. The number of hydrogen-bond acceptors (Lipinski definition) is 2. The Morgan fingerprint density at radius 3 is 0.661 bits per heavy atom. The van der Waals surface area contributed by atoms with E-state index in [4.69, 9.17) is 0 Å². The summed E-state index contributed by atoms with van der Waals surface area (Å²) in [5.41, 5.74) is 36.3. The first-order valence-electron chi connectivity index (χ1n) is 39.9.